The van der Waals surface area contributed by atoms with Crippen LogP contribution in [0.5, 0.6) is 5.75 Å². The van der Waals surface area contributed by atoms with E-state index in [-0.39, 0.29) is 29.9 Å². The molecule has 0 N–H and O–H groups in total. The Hall–Kier alpha value is -4.34. The molecule has 5 rings (SSSR count). The zero-order chi connectivity index (χ0) is 22.9. The van der Waals surface area contributed by atoms with Crippen molar-refractivity contribution in [2.45, 2.75) is 26.5 Å². The van der Waals surface area contributed by atoms with Gasteiger partial charge in [-0.1, -0.05) is 5.16 Å². The van der Waals surface area contributed by atoms with Crippen LogP contribution in [0.2, 0.25) is 0 Å². The minimum atomic E-state index is -0.367. The molecule has 0 saturated heterocycles. The lowest BCUT2D eigenvalue weighted by atomic mass is 10.1. The molecule has 0 aliphatic heterocycles. The third-order valence-corrected chi connectivity index (χ3v) is 4.87. The minimum Gasteiger partial charge on any atom is -0.491 e. The molecule has 0 fully saturated rings. The highest BCUT2D eigenvalue weighted by atomic mass is 19.1. The van der Waals surface area contributed by atoms with Crippen LogP contribution in [0, 0.1) is 5.82 Å². The van der Waals surface area contributed by atoms with E-state index in [1.54, 1.807) is 18.2 Å². The maximum absolute atomic E-state index is 13.2. The molecule has 0 bridgehead atoms. The first kappa shape index (κ1) is 20.6. The van der Waals surface area contributed by atoms with Crippen LogP contribution in [0.25, 0.3) is 28.2 Å². The van der Waals surface area contributed by atoms with Crippen LogP contribution in [0.4, 0.5) is 4.39 Å². The Morgan fingerprint density at radius 2 is 1.79 bits per heavy atom. The fourth-order valence-electron chi connectivity index (χ4n) is 3.33. The topological polar surface area (TPSA) is 100 Å². The predicted octanol–water partition coefficient (Wildman–Crippen LogP) is 3.58. The molecule has 10 heteroatoms. The Labute approximate surface area is 187 Å². The van der Waals surface area contributed by atoms with E-state index >= 15 is 0 Å². The number of aromatic nitrogens is 6. The normalized spacial score (nSPS) is 11.4. The second-order valence-electron chi connectivity index (χ2n) is 7.66. The van der Waals surface area contributed by atoms with E-state index in [4.69, 9.17) is 9.26 Å². The van der Waals surface area contributed by atoms with Crippen molar-refractivity contribution < 1.29 is 13.7 Å². The Balaban J connectivity index is 1.38. The number of rotatable bonds is 6. The summed E-state index contributed by atoms with van der Waals surface area (Å²) >= 11 is 0. The molecule has 0 radical (unpaired) electrons. The van der Waals surface area contributed by atoms with E-state index in [1.807, 2.05) is 38.1 Å². The van der Waals surface area contributed by atoms with E-state index in [1.165, 1.54) is 27.7 Å². The highest BCUT2D eigenvalue weighted by Gasteiger charge is 2.14. The van der Waals surface area contributed by atoms with Crippen LogP contribution >= 0.6 is 0 Å². The summed E-state index contributed by atoms with van der Waals surface area (Å²) in [6.07, 6.45) is 1.51. The van der Waals surface area contributed by atoms with E-state index in [2.05, 4.69) is 20.3 Å². The van der Waals surface area contributed by atoms with Gasteiger partial charge in [-0.2, -0.15) is 15.2 Å². The van der Waals surface area contributed by atoms with Crippen molar-refractivity contribution in [2.75, 3.05) is 0 Å². The van der Waals surface area contributed by atoms with Gasteiger partial charge in [0.25, 0.3) is 5.56 Å². The molecule has 0 aliphatic rings. The van der Waals surface area contributed by atoms with Crippen LogP contribution in [-0.2, 0) is 6.54 Å². The molecule has 0 aliphatic carbocycles. The lowest BCUT2D eigenvalue weighted by Crippen LogP contribution is -2.25. The van der Waals surface area contributed by atoms with Gasteiger partial charge in [0.05, 0.1) is 11.8 Å². The molecule has 0 amide bonds. The summed E-state index contributed by atoms with van der Waals surface area (Å²) in [5.74, 6) is 1.05. The summed E-state index contributed by atoms with van der Waals surface area (Å²) in [4.78, 5) is 17.3. The van der Waals surface area contributed by atoms with E-state index in [9.17, 15) is 9.18 Å². The number of hydrogen-bond acceptors (Lipinski definition) is 7. The van der Waals surface area contributed by atoms with Gasteiger partial charge in [-0.05, 0) is 68.4 Å². The van der Waals surface area contributed by atoms with Gasteiger partial charge < -0.3 is 9.26 Å². The Morgan fingerprint density at radius 1 is 1.06 bits per heavy atom. The summed E-state index contributed by atoms with van der Waals surface area (Å²) < 4.78 is 26.8. The number of benzene rings is 2. The van der Waals surface area contributed by atoms with Crippen LogP contribution in [0.15, 0.2) is 70.2 Å². The number of ether oxygens (including phenoxy) is 1. The van der Waals surface area contributed by atoms with Crippen molar-refractivity contribution in [3.63, 3.8) is 0 Å². The maximum Gasteiger partial charge on any atom is 0.293 e. The Morgan fingerprint density at radius 3 is 2.52 bits per heavy atom. The SMILES string of the molecule is CC(C)Oc1ccc(-c2noc(Cn3ncn4nc(-c5ccc(F)cc5)cc4c3=O)n2)cc1. The lowest BCUT2D eigenvalue weighted by molar-refractivity contribution is 0.242. The van der Waals surface area contributed by atoms with Gasteiger partial charge in [-0.3, -0.25) is 4.79 Å². The van der Waals surface area contributed by atoms with E-state index in [0.29, 0.717) is 22.6 Å². The number of fused-ring (bicyclic) bond motifs is 1. The monoisotopic (exact) mass is 446 g/mol. The third kappa shape index (κ3) is 4.22. The molecule has 166 valence electrons. The predicted molar refractivity (Wildman–Crippen MR) is 117 cm³/mol. The van der Waals surface area contributed by atoms with E-state index in [0.717, 1.165) is 11.3 Å². The number of halogens is 1. The van der Waals surface area contributed by atoms with Gasteiger partial charge in [0.2, 0.25) is 11.7 Å². The zero-order valence-corrected chi connectivity index (χ0v) is 17.8. The average Bonchev–Trinajstić information content (AvgIpc) is 3.44. The zero-order valence-electron chi connectivity index (χ0n) is 17.8. The summed E-state index contributed by atoms with van der Waals surface area (Å²) in [5.41, 5.74) is 1.95. The molecular weight excluding hydrogens is 427 g/mol. The summed E-state index contributed by atoms with van der Waals surface area (Å²) in [7, 11) is 0. The summed E-state index contributed by atoms with van der Waals surface area (Å²) in [6.45, 7) is 3.93. The average molecular weight is 446 g/mol. The van der Waals surface area contributed by atoms with Crippen molar-refractivity contribution in [1.82, 2.24) is 29.5 Å². The maximum atomic E-state index is 13.2. The quantitative estimate of drug-likeness (QED) is 0.393. The molecule has 0 unspecified atom stereocenters. The van der Waals surface area contributed by atoms with Crippen molar-refractivity contribution in [2.24, 2.45) is 0 Å². The first-order chi connectivity index (χ1) is 16.0. The van der Waals surface area contributed by atoms with Crippen LogP contribution in [0.1, 0.15) is 19.7 Å². The van der Waals surface area contributed by atoms with Gasteiger partial charge >= 0.3 is 0 Å². The van der Waals surface area contributed by atoms with Crippen molar-refractivity contribution >= 4 is 5.52 Å². The van der Waals surface area contributed by atoms with Crippen molar-refractivity contribution in [1.29, 1.82) is 0 Å². The van der Waals surface area contributed by atoms with Gasteiger partial charge in [-0.25, -0.2) is 13.6 Å². The second kappa shape index (κ2) is 8.30. The van der Waals surface area contributed by atoms with Crippen LogP contribution < -0.4 is 10.3 Å². The standard InChI is InChI=1S/C23H19FN6O3/c1-14(2)32-18-9-5-16(6-10-18)22-26-21(33-28-22)12-29-23(31)20-11-19(27-30(20)13-25-29)15-3-7-17(24)8-4-15/h3-11,13-14H,12H2,1-2H3. The molecule has 3 aromatic heterocycles. The fourth-order valence-corrected chi connectivity index (χ4v) is 3.33. The summed E-state index contributed by atoms with van der Waals surface area (Å²) in [5, 5.41) is 12.5. The first-order valence-corrected chi connectivity index (χ1v) is 10.3. The fraction of sp³-hybridized carbons (Fsp3) is 0.174. The molecule has 2 aromatic carbocycles. The Kier molecular flexibility index (Phi) is 5.17. The molecular formula is C23H19FN6O3. The third-order valence-electron chi connectivity index (χ3n) is 4.87. The van der Waals surface area contributed by atoms with Gasteiger partial charge in [-0.15, -0.1) is 0 Å². The van der Waals surface area contributed by atoms with E-state index < -0.39 is 0 Å². The second-order valence-corrected chi connectivity index (χ2v) is 7.66. The highest BCUT2D eigenvalue weighted by Crippen LogP contribution is 2.21. The van der Waals surface area contributed by atoms with Gasteiger partial charge in [0.1, 0.15) is 30.0 Å². The highest BCUT2D eigenvalue weighted by molar-refractivity contribution is 5.65. The summed E-state index contributed by atoms with van der Waals surface area (Å²) in [6, 6.07) is 14.9. The Bertz CT molecular complexity index is 1470. The van der Waals surface area contributed by atoms with Gasteiger partial charge in [0.15, 0.2) is 0 Å². The lowest BCUT2D eigenvalue weighted by Gasteiger charge is -2.09. The van der Waals surface area contributed by atoms with Crippen LogP contribution in [0.3, 0.4) is 0 Å². The molecule has 0 saturated carbocycles. The number of nitrogens with zero attached hydrogens (tertiary/aromatic N) is 6. The first-order valence-electron chi connectivity index (χ1n) is 10.3. The van der Waals surface area contributed by atoms with Gasteiger partial charge in [0, 0.05) is 11.1 Å². The molecule has 9 nitrogen and oxygen atoms in total. The largest absolute Gasteiger partial charge is 0.491 e. The molecule has 3 heterocycles. The molecule has 5 aromatic rings. The molecule has 33 heavy (non-hydrogen) atoms. The molecule has 0 atom stereocenters. The molecule has 0 spiro atoms. The number of hydrogen-bond donors (Lipinski definition) is 0. The smallest absolute Gasteiger partial charge is 0.293 e. The minimum absolute atomic E-state index is 0.00788. The van der Waals surface area contributed by atoms with Crippen molar-refractivity contribution in [3.05, 3.63) is 83.0 Å². The van der Waals surface area contributed by atoms with Crippen LogP contribution in [-0.4, -0.2) is 35.6 Å². The van der Waals surface area contributed by atoms with Crippen molar-refractivity contribution in [3.8, 4) is 28.4 Å².